The second kappa shape index (κ2) is 8.85. The molecular formula is C22H15ClF2N2O2S. The molecule has 0 saturated carbocycles. The lowest BCUT2D eigenvalue weighted by Crippen LogP contribution is -2.21. The fraction of sp³-hybridized carbons (Fsp3) is 0.0909. The fourth-order valence-corrected chi connectivity index (χ4v) is 4.26. The molecule has 0 spiro atoms. The molecule has 3 aromatic carbocycles. The van der Waals surface area contributed by atoms with Gasteiger partial charge >= 0.3 is 6.61 Å². The lowest BCUT2D eigenvalue weighted by atomic mass is 10.2. The molecule has 0 aliphatic carbocycles. The van der Waals surface area contributed by atoms with E-state index in [9.17, 15) is 13.6 Å². The third-order valence-corrected chi connectivity index (χ3v) is 5.71. The summed E-state index contributed by atoms with van der Waals surface area (Å²) in [6.45, 7) is -2.92. The molecule has 0 aliphatic heterocycles. The average Bonchev–Trinajstić information content (AvgIpc) is 2.74. The number of benzene rings is 3. The van der Waals surface area contributed by atoms with Crippen LogP contribution in [0.15, 0.2) is 82.7 Å². The molecule has 0 radical (unpaired) electrons. The molecule has 152 valence electrons. The highest BCUT2D eigenvalue weighted by atomic mass is 35.5. The predicted molar refractivity (Wildman–Crippen MR) is 115 cm³/mol. The minimum absolute atomic E-state index is 0.0249. The van der Waals surface area contributed by atoms with Gasteiger partial charge in [0.1, 0.15) is 5.75 Å². The van der Waals surface area contributed by atoms with E-state index in [0.29, 0.717) is 38.1 Å². The number of rotatable bonds is 6. The summed E-state index contributed by atoms with van der Waals surface area (Å²) in [7, 11) is 0. The third kappa shape index (κ3) is 4.32. The van der Waals surface area contributed by atoms with Gasteiger partial charge in [-0.3, -0.25) is 9.36 Å². The molecule has 0 fully saturated rings. The van der Waals surface area contributed by atoms with Gasteiger partial charge in [0.2, 0.25) is 0 Å². The summed E-state index contributed by atoms with van der Waals surface area (Å²) in [6.07, 6.45) is 0. The monoisotopic (exact) mass is 444 g/mol. The first-order chi connectivity index (χ1) is 14.5. The highest BCUT2D eigenvalue weighted by Gasteiger charge is 2.15. The van der Waals surface area contributed by atoms with E-state index in [4.69, 9.17) is 11.6 Å². The Labute approximate surface area is 180 Å². The number of alkyl halides is 2. The van der Waals surface area contributed by atoms with Gasteiger partial charge in [0, 0.05) is 10.8 Å². The third-order valence-electron chi connectivity index (χ3n) is 4.36. The van der Waals surface area contributed by atoms with E-state index in [1.165, 1.54) is 30.0 Å². The Hall–Kier alpha value is -2.90. The number of thioether (sulfide) groups is 1. The molecule has 1 heterocycles. The van der Waals surface area contributed by atoms with Crippen molar-refractivity contribution in [3.63, 3.8) is 0 Å². The molecule has 0 bridgehead atoms. The second-order valence-corrected chi connectivity index (χ2v) is 7.66. The van der Waals surface area contributed by atoms with Crippen LogP contribution < -0.4 is 10.3 Å². The zero-order valence-corrected chi connectivity index (χ0v) is 17.0. The zero-order valence-electron chi connectivity index (χ0n) is 15.5. The van der Waals surface area contributed by atoms with Crippen LogP contribution in [0.25, 0.3) is 16.6 Å². The topological polar surface area (TPSA) is 44.1 Å². The Morgan fingerprint density at radius 1 is 1.03 bits per heavy atom. The van der Waals surface area contributed by atoms with Gasteiger partial charge in [0.25, 0.3) is 5.56 Å². The molecule has 0 unspecified atom stereocenters. The summed E-state index contributed by atoms with van der Waals surface area (Å²) in [5.41, 5.74) is 1.68. The summed E-state index contributed by atoms with van der Waals surface area (Å²) >= 11 is 7.53. The molecule has 0 N–H and O–H groups in total. The molecule has 8 heteroatoms. The first-order valence-corrected chi connectivity index (χ1v) is 10.3. The van der Waals surface area contributed by atoms with Crippen LogP contribution in [0.3, 0.4) is 0 Å². The van der Waals surface area contributed by atoms with E-state index in [-0.39, 0.29) is 11.3 Å². The van der Waals surface area contributed by atoms with E-state index < -0.39 is 6.61 Å². The second-order valence-electron chi connectivity index (χ2n) is 6.31. The number of hydrogen-bond acceptors (Lipinski definition) is 4. The number of para-hydroxylation sites is 2. The van der Waals surface area contributed by atoms with E-state index in [0.717, 1.165) is 0 Å². The van der Waals surface area contributed by atoms with Crippen LogP contribution in [0.5, 0.6) is 5.75 Å². The molecule has 0 aliphatic rings. The minimum atomic E-state index is -2.92. The summed E-state index contributed by atoms with van der Waals surface area (Å²) in [4.78, 5) is 17.8. The van der Waals surface area contributed by atoms with E-state index in [1.807, 2.05) is 36.4 Å². The minimum Gasteiger partial charge on any atom is -0.435 e. The molecular weight excluding hydrogens is 430 g/mol. The lowest BCUT2D eigenvalue weighted by molar-refractivity contribution is -0.0498. The van der Waals surface area contributed by atoms with Crippen LogP contribution in [0, 0.1) is 0 Å². The number of aromatic nitrogens is 2. The van der Waals surface area contributed by atoms with E-state index in [1.54, 1.807) is 22.8 Å². The molecule has 4 rings (SSSR count). The zero-order chi connectivity index (χ0) is 21.1. The number of fused-ring (bicyclic) bond motifs is 1. The van der Waals surface area contributed by atoms with Gasteiger partial charge in [0.15, 0.2) is 5.16 Å². The summed E-state index contributed by atoms with van der Waals surface area (Å²) in [5, 5.41) is 1.40. The van der Waals surface area contributed by atoms with Gasteiger partial charge < -0.3 is 4.74 Å². The Morgan fingerprint density at radius 3 is 2.53 bits per heavy atom. The van der Waals surface area contributed by atoms with Gasteiger partial charge in [-0.1, -0.05) is 53.7 Å². The maximum atomic E-state index is 13.2. The van der Waals surface area contributed by atoms with Crippen LogP contribution in [-0.4, -0.2) is 16.2 Å². The normalized spacial score (nSPS) is 11.2. The number of nitrogens with zero attached hydrogens (tertiary/aromatic N) is 2. The molecule has 30 heavy (non-hydrogen) atoms. The summed E-state index contributed by atoms with van der Waals surface area (Å²) < 4.78 is 31.1. The van der Waals surface area contributed by atoms with Crippen LogP contribution in [0.1, 0.15) is 5.56 Å². The maximum absolute atomic E-state index is 13.2. The van der Waals surface area contributed by atoms with Gasteiger partial charge in [-0.05, 0) is 48.0 Å². The Bertz CT molecular complexity index is 1250. The number of hydrogen-bond donors (Lipinski definition) is 0. The molecule has 1 aromatic heterocycles. The maximum Gasteiger partial charge on any atom is 0.387 e. The van der Waals surface area contributed by atoms with Crippen molar-refractivity contribution in [3.05, 3.63) is 93.7 Å². The first kappa shape index (κ1) is 20.4. The highest BCUT2D eigenvalue weighted by Crippen LogP contribution is 2.30. The summed E-state index contributed by atoms with van der Waals surface area (Å²) in [5.74, 6) is 0.341. The van der Waals surface area contributed by atoms with Crippen molar-refractivity contribution in [2.75, 3.05) is 0 Å². The predicted octanol–water partition coefficient (Wildman–Crippen LogP) is 5.93. The molecule has 4 aromatic rings. The van der Waals surface area contributed by atoms with E-state index >= 15 is 0 Å². The Kier molecular flexibility index (Phi) is 6.01. The molecule has 4 nitrogen and oxygen atoms in total. The number of halogens is 3. The van der Waals surface area contributed by atoms with Crippen LogP contribution in [0.4, 0.5) is 8.78 Å². The largest absolute Gasteiger partial charge is 0.435 e. The Morgan fingerprint density at radius 2 is 1.77 bits per heavy atom. The van der Waals surface area contributed by atoms with Crippen molar-refractivity contribution in [2.24, 2.45) is 0 Å². The summed E-state index contributed by atoms with van der Waals surface area (Å²) in [6, 6.07) is 20.7. The van der Waals surface area contributed by atoms with Crippen LogP contribution in [-0.2, 0) is 5.75 Å². The van der Waals surface area contributed by atoms with Crippen LogP contribution >= 0.6 is 23.4 Å². The Balaban J connectivity index is 1.75. The smallest absolute Gasteiger partial charge is 0.387 e. The van der Waals surface area contributed by atoms with Crippen molar-refractivity contribution >= 4 is 34.3 Å². The fourth-order valence-electron chi connectivity index (χ4n) is 2.99. The first-order valence-electron chi connectivity index (χ1n) is 8.96. The molecule has 0 amide bonds. The van der Waals surface area contributed by atoms with Crippen molar-refractivity contribution in [1.29, 1.82) is 0 Å². The van der Waals surface area contributed by atoms with Crippen LogP contribution in [0.2, 0.25) is 5.02 Å². The van der Waals surface area contributed by atoms with Crippen molar-refractivity contribution in [3.8, 4) is 11.4 Å². The average molecular weight is 445 g/mol. The molecule has 0 saturated heterocycles. The van der Waals surface area contributed by atoms with Crippen molar-refractivity contribution in [1.82, 2.24) is 9.55 Å². The highest BCUT2D eigenvalue weighted by molar-refractivity contribution is 7.98. The standard InChI is InChI=1S/C22H15ClF2N2O2S/c23-18-11-10-16(29-21(24)25)12-14(18)13-30-22-26-19-9-5-4-8-17(19)20(28)27(22)15-6-2-1-3-7-15/h1-12,21H,13H2. The van der Waals surface area contributed by atoms with Gasteiger partial charge in [-0.15, -0.1) is 0 Å². The number of ether oxygens (including phenoxy) is 1. The molecule has 0 atom stereocenters. The van der Waals surface area contributed by atoms with Gasteiger partial charge in [-0.2, -0.15) is 8.78 Å². The quantitative estimate of drug-likeness (QED) is 0.273. The lowest BCUT2D eigenvalue weighted by Gasteiger charge is -2.14. The van der Waals surface area contributed by atoms with Crippen molar-refractivity contribution in [2.45, 2.75) is 17.5 Å². The SMILES string of the molecule is O=c1c2ccccc2nc(SCc2cc(OC(F)F)ccc2Cl)n1-c1ccccc1. The van der Waals surface area contributed by atoms with Gasteiger partial charge in [0.05, 0.1) is 16.6 Å². The van der Waals surface area contributed by atoms with Crippen molar-refractivity contribution < 1.29 is 13.5 Å². The van der Waals surface area contributed by atoms with Gasteiger partial charge in [-0.25, -0.2) is 4.98 Å². The van der Waals surface area contributed by atoms with E-state index in [2.05, 4.69) is 9.72 Å².